The van der Waals surface area contributed by atoms with Gasteiger partial charge in [-0.25, -0.2) is 14.4 Å². The predicted molar refractivity (Wildman–Crippen MR) is 462 cm³/mol. The minimum atomic E-state index is -0.968. The van der Waals surface area contributed by atoms with Gasteiger partial charge in [0, 0.05) is 140 Å². The third-order valence-electron chi connectivity index (χ3n) is 21.7. The number of nitrogens with two attached hydrogens (primary N) is 4. The van der Waals surface area contributed by atoms with Crippen molar-refractivity contribution in [3.05, 3.63) is 188 Å². The zero-order valence-electron chi connectivity index (χ0n) is 75.3. The van der Waals surface area contributed by atoms with E-state index in [2.05, 4.69) is 27.8 Å². The molecular formula is C91H128N8O25. The Balaban J connectivity index is 0.000000390. The van der Waals surface area contributed by atoms with Crippen molar-refractivity contribution < 1.29 is 119 Å². The van der Waals surface area contributed by atoms with Crippen LogP contribution in [-0.2, 0) is 105 Å². The van der Waals surface area contributed by atoms with E-state index in [1.165, 1.54) is 46.7 Å². The van der Waals surface area contributed by atoms with Crippen LogP contribution in [0, 0.1) is 35.5 Å². The SMILES string of the molecule is C=CCNC1=C2C[C@@H](C)C[C@H](OC)[C@H](OC)[C@@H](C)/C=C(\C)[C@H](OC(N)=O)C(OC)/C=C\C=C(/C)C(=O)NC(=CC1=O)C2=O.COC1/C=C\C=C(/C)C(=O)NC2=CC(=O)C(N)=C(C[C@@H](C)C[C@H](OC)[C@H](OC)[C@@H](C)/C=C(\C)[C@@H]1OC(N)=O)C2=O.COC1=C2C[C@@H](C)C[C@H](OC)[C@H](OC)[C@@H](C)/C=C(\C)[C@H](OC(N)=O)C(OC)/C=C\C=C(/C)C(=O)NC(=CC1=O)C2=O. The maximum atomic E-state index is 13.6. The number of fused-ring (bicyclic) bond motifs is 6. The van der Waals surface area contributed by atoms with E-state index in [0.29, 0.717) is 36.0 Å². The van der Waals surface area contributed by atoms with Gasteiger partial charge in [0.05, 0.1) is 72.2 Å². The first-order chi connectivity index (χ1) is 58.6. The number of hydrogen-bond donors (Lipinski definition) is 8. The molecule has 0 saturated carbocycles. The summed E-state index contributed by atoms with van der Waals surface area (Å²) < 4.78 is 73.4. The normalized spacial score (nSPS) is 32.0. The minimum Gasteiger partial charge on any atom is -0.492 e. The average molecular weight is 1730 g/mol. The van der Waals surface area contributed by atoms with E-state index in [-0.39, 0.29) is 129 Å². The molecule has 682 valence electrons. The second kappa shape index (κ2) is 51.4. The molecule has 0 fully saturated rings. The topological polar surface area (TPSA) is 477 Å². The van der Waals surface area contributed by atoms with Crippen LogP contribution in [0.5, 0.6) is 0 Å². The van der Waals surface area contributed by atoms with Crippen LogP contribution >= 0.6 is 0 Å². The van der Waals surface area contributed by atoms with Crippen LogP contribution < -0.4 is 44.2 Å². The second-order valence-corrected chi connectivity index (χ2v) is 31.3. The van der Waals surface area contributed by atoms with Crippen molar-refractivity contribution in [3.63, 3.8) is 0 Å². The van der Waals surface area contributed by atoms with Gasteiger partial charge in [-0.1, -0.05) is 121 Å². The quantitative estimate of drug-likeness (QED) is 0.0407. The number of ketones is 6. The third-order valence-corrected chi connectivity index (χ3v) is 21.7. The summed E-state index contributed by atoms with van der Waals surface area (Å²) in [5.74, 6) is -5.67. The number of rotatable bonds is 16. The summed E-state index contributed by atoms with van der Waals surface area (Å²) >= 11 is 0. The van der Waals surface area contributed by atoms with Gasteiger partial charge in [0.25, 0.3) is 17.7 Å². The molecule has 18 atom stereocenters. The molecule has 3 aliphatic carbocycles. The number of carbonyl (C=O) groups is 12. The zero-order chi connectivity index (χ0) is 93.3. The van der Waals surface area contributed by atoms with Crippen molar-refractivity contribution >= 4 is 70.7 Å². The second-order valence-electron chi connectivity index (χ2n) is 31.3. The monoisotopic (exact) mass is 1730 g/mol. The van der Waals surface area contributed by atoms with Crippen molar-refractivity contribution in [1.29, 1.82) is 0 Å². The molecule has 33 heteroatoms. The summed E-state index contributed by atoms with van der Waals surface area (Å²) in [6.07, 6.45) is 16.7. The van der Waals surface area contributed by atoms with E-state index in [0.717, 1.165) is 18.2 Å². The Morgan fingerprint density at radius 1 is 0.427 bits per heavy atom. The van der Waals surface area contributed by atoms with Crippen LogP contribution in [0.3, 0.4) is 0 Å². The fourth-order valence-electron chi connectivity index (χ4n) is 15.4. The molecule has 12 N–H and O–H groups in total. The summed E-state index contributed by atoms with van der Waals surface area (Å²) in [5, 5.41) is 10.7. The maximum Gasteiger partial charge on any atom is 0.405 e. The molecule has 3 unspecified atom stereocenters. The molecule has 33 nitrogen and oxygen atoms in total. The molecule has 6 rings (SSSR count). The first-order valence-electron chi connectivity index (χ1n) is 40.5. The van der Waals surface area contributed by atoms with Gasteiger partial charge in [-0.05, 0) is 115 Å². The summed E-state index contributed by atoms with van der Waals surface area (Å²) in [7, 11) is 15.2. The summed E-state index contributed by atoms with van der Waals surface area (Å²) in [4.78, 5) is 153. The fourth-order valence-corrected chi connectivity index (χ4v) is 15.4. The largest absolute Gasteiger partial charge is 0.492 e. The van der Waals surface area contributed by atoms with Crippen molar-refractivity contribution in [2.24, 2.45) is 58.4 Å². The highest BCUT2D eigenvalue weighted by atomic mass is 16.6. The number of allylic oxidation sites excluding steroid dienone is 12. The molecule has 124 heavy (non-hydrogen) atoms. The van der Waals surface area contributed by atoms with Gasteiger partial charge in [-0.3, -0.25) is 43.2 Å². The van der Waals surface area contributed by atoms with Crippen LogP contribution in [0.1, 0.15) is 122 Å². The van der Waals surface area contributed by atoms with E-state index >= 15 is 0 Å². The van der Waals surface area contributed by atoms with Crippen LogP contribution in [-0.4, -0.2) is 222 Å². The van der Waals surface area contributed by atoms with Crippen molar-refractivity contribution in [2.45, 2.75) is 195 Å². The molecule has 6 bridgehead atoms. The van der Waals surface area contributed by atoms with Crippen LogP contribution in [0.15, 0.2) is 188 Å². The zero-order valence-corrected chi connectivity index (χ0v) is 75.3. The molecule has 0 aromatic rings. The van der Waals surface area contributed by atoms with E-state index in [4.69, 9.17) is 84.5 Å². The number of amides is 6. The highest BCUT2D eigenvalue weighted by Gasteiger charge is 2.40. The van der Waals surface area contributed by atoms with Crippen LogP contribution in [0.2, 0.25) is 0 Å². The number of hydrogen-bond acceptors (Lipinski definition) is 27. The minimum absolute atomic E-state index is 0.0452. The highest BCUT2D eigenvalue weighted by molar-refractivity contribution is 6.25. The van der Waals surface area contributed by atoms with Crippen molar-refractivity contribution in [1.82, 2.24) is 21.3 Å². The van der Waals surface area contributed by atoms with Gasteiger partial charge in [-0.2, -0.15) is 0 Å². The van der Waals surface area contributed by atoms with Crippen LogP contribution in [0.4, 0.5) is 14.4 Å². The summed E-state index contributed by atoms with van der Waals surface area (Å²) in [6.45, 7) is 25.7. The molecule has 0 radical (unpaired) electrons. The van der Waals surface area contributed by atoms with Gasteiger partial charge >= 0.3 is 18.3 Å². The Hall–Kier alpha value is -10.9. The number of primary amides is 3. The van der Waals surface area contributed by atoms with Gasteiger partial charge in [0.2, 0.25) is 34.7 Å². The lowest BCUT2D eigenvalue weighted by atomic mass is 9.85. The molecule has 6 aliphatic rings. The number of nitrogens with one attached hydrogen (secondary N) is 4. The smallest absolute Gasteiger partial charge is 0.405 e. The number of ether oxygens (including phenoxy) is 13. The molecule has 0 aromatic heterocycles. The molecule has 3 aliphatic heterocycles. The molecule has 0 aromatic carbocycles. The maximum absolute atomic E-state index is 13.6. The standard InChI is InChI=1S/C32H45N3O8.C30H42N2O9.C29H41N3O8/c1-9-13-34-27-22-14-18(2)15-26(41-7)29(42-8)20(4)16-21(5)30(43-32(33)39)25(40-6)12-10-11-19(3)31(38)35-23(28(22)37)17-24(27)36;1-16-12-20-25(34)21(15-22(33)28(20)40-8)32-29(35)17(2)10-9-11-23(37-5)27(41-30(31)36)19(4)14-18(3)26(39-7)24(13-16)38-6;1-15-11-19-24(30)21(33)14-20(25(19)34)32-28(35)16(2)9-8-10-22(37-5)27(40-29(31)36)18(4)13-17(3)26(39-7)23(12-15)38-6/h9-12,16-18,20,25-26,29-30,34H,1,13-15H2,2-8H3,(H2,33,39)(H,35,38);9-11,14-16,18,23-24,26-27H,12-13H2,1-8H3,(H2,31,36)(H,32,35);8-10,13-15,17,22-23,26-27H,11-12,30H2,1-7H3,(H2,31,36)(H,32,35)/b12-10-,19-11+,21-16+;11-9-,17-10+,19-14+;10-8-,16-9+,18-13+/t18-,20+,25?,26+,29-,30+;16-,18+,23?,24+,26-,27+;15-,17+,22?,23+,26-,27+/m111/s1. The van der Waals surface area contributed by atoms with Crippen molar-refractivity contribution in [2.75, 3.05) is 77.6 Å². The molecule has 3 heterocycles. The van der Waals surface area contributed by atoms with E-state index in [1.807, 2.05) is 59.8 Å². The lowest BCUT2D eigenvalue weighted by Crippen LogP contribution is -2.38. The Morgan fingerprint density at radius 3 is 1.02 bits per heavy atom. The van der Waals surface area contributed by atoms with Crippen molar-refractivity contribution in [3.8, 4) is 0 Å². The van der Waals surface area contributed by atoms with E-state index in [1.54, 1.807) is 127 Å². The molecular weight excluding hydrogens is 1610 g/mol. The lowest BCUT2D eigenvalue weighted by Gasteiger charge is -2.32. The first kappa shape index (κ1) is 105. The Kier molecular flexibility index (Phi) is 43.7. The summed E-state index contributed by atoms with van der Waals surface area (Å²) in [5.41, 5.74) is 25.2. The van der Waals surface area contributed by atoms with Gasteiger partial charge < -0.3 is 106 Å². The number of carbonyl (C=O) groups excluding carboxylic acids is 12. The highest BCUT2D eigenvalue weighted by Crippen LogP contribution is 2.35. The molecule has 6 amide bonds. The Labute approximate surface area is 727 Å². The van der Waals surface area contributed by atoms with E-state index < -0.39 is 144 Å². The Morgan fingerprint density at radius 2 is 0.726 bits per heavy atom. The average Bonchev–Trinajstić information content (AvgIpc) is 0.898. The van der Waals surface area contributed by atoms with Crippen LogP contribution in [0.25, 0.3) is 0 Å². The summed E-state index contributed by atoms with van der Waals surface area (Å²) in [6, 6.07) is 0. The molecule has 0 spiro atoms. The van der Waals surface area contributed by atoms with Gasteiger partial charge in [-0.15, -0.1) is 6.58 Å². The molecule has 0 saturated heterocycles. The fraction of sp³-hybridized carbons (Fsp3) is 0.516. The Bertz CT molecular complexity index is 4410. The number of methoxy groups -OCH3 is 10. The van der Waals surface area contributed by atoms with E-state index in [9.17, 15) is 57.5 Å². The first-order valence-corrected chi connectivity index (χ1v) is 40.5. The van der Waals surface area contributed by atoms with Gasteiger partial charge in [0.1, 0.15) is 18.3 Å². The predicted octanol–water partition coefficient (Wildman–Crippen LogP) is 8.63. The third kappa shape index (κ3) is 30.2. The number of Topliss-reactive ketones (excluding diaryl/α,β-unsaturated/α-hetero) is 3. The van der Waals surface area contributed by atoms with Gasteiger partial charge in [0.15, 0.2) is 24.1 Å². The lowest BCUT2D eigenvalue weighted by molar-refractivity contribution is -0.121.